The van der Waals surface area contributed by atoms with Crippen molar-refractivity contribution in [2.75, 3.05) is 12.0 Å². The Morgan fingerprint density at radius 2 is 1.88 bits per heavy atom. The largest absolute Gasteiger partial charge is 0.465 e. The predicted octanol–water partition coefficient (Wildman–Crippen LogP) is 3.93. The number of esters is 1. The maximum atomic E-state index is 12.9. The van der Waals surface area contributed by atoms with Gasteiger partial charge in [-0.2, -0.15) is 0 Å². The molecule has 122 valence electrons. The molecule has 2 heterocycles. The van der Waals surface area contributed by atoms with Crippen molar-refractivity contribution in [1.29, 1.82) is 0 Å². The third-order valence-electron chi connectivity index (χ3n) is 3.97. The van der Waals surface area contributed by atoms with Crippen LogP contribution in [0.15, 0.2) is 58.7 Å². The molecule has 4 nitrogen and oxygen atoms in total. The van der Waals surface area contributed by atoms with E-state index in [1.165, 1.54) is 7.11 Å². The zero-order valence-electron chi connectivity index (χ0n) is 13.7. The van der Waals surface area contributed by atoms with Crippen LogP contribution in [0.5, 0.6) is 0 Å². The van der Waals surface area contributed by atoms with Gasteiger partial charge in [0.2, 0.25) is 5.78 Å². The highest BCUT2D eigenvalue weighted by atomic mass is 32.1. The molecule has 0 atom stereocenters. The molecule has 1 aromatic heterocycles. The minimum absolute atomic E-state index is 0.0850. The van der Waals surface area contributed by atoms with Gasteiger partial charge in [-0.1, -0.05) is 18.2 Å². The first-order valence-corrected chi connectivity index (χ1v) is 8.37. The summed E-state index contributed by atoms with van der Waals surface area (Å²) in [5.41, 5.74) is 3.06. The molecule has 1 aliphatic heterocycles. The van der Waals surface area contributed by atoms with E-state index in [9.17, 15) is 9.59 Å². The average molecular weight is 339 g/mol. The number of ketones is 1. The Hall–Kier alpha value is -2.66. The van der Waals surface area contributed by atoms with E-state index in [0.717, 1.165) is 16.1 Å². The van der Waals surface area contributed by atoms with Gasteiger partial charge in [0.25, 0.3) is 0 Å². The number of benzene rings is 1. The highest BCUT2D eigenvalue weighted by Crippen LogP contribution is 2.36. The number of rotatable bonds is 3. The number of methoxy groups -OCH3 is 1. The van der Waals surface area contributed by atoms with Crippen LogP contribution in [0, 0.1) is 6.92 Å². The molecule has 0 aliphatic carbocycles. The molecule has 0 N–H and O–H groups in total. The highest BCUT2D eigenvalue weighted by Gasteiger charge is 2.38. The van der Waals surface area contributed by atoms with E-state index in [0.29, 0.717) is 11.4 Å². The summed E-state index contributed by atoms with van der Waals surface area (Å²) in [4.78, 5) is 27.8. The average Bonchev–Trinajstić information content (AvgIpc) is 3.10. The Kier molecular flexibility index (Phi) is 4.36. The van der Waals surface area contributed by atoms with Gasteiger partial charge in [-0.3, -0.25) is 4.79 Å². The Morgan fingerprint density at radius 3 is 2.46 bits per heavy atom. The third kappa shape index (κ3) is 2.67. The number of anilines is 1. The lowest BCUT2D eigenvalue weighted by Gasteiger charge is -2.21. The fourth-order valence-electron chi connectivity index (χ4n) is 2.73. The van der Waals surface area contributed by atoms with E-state index in [4.69, 9.17) is 4.74 Å². The smallest absolute Gasteiger partial charge is 0.343 e. The van der Waals surface area contributed by atoms with E-state index in [1.807, 2.05) is 59.7 Å². The molecular weight excluding hydrogens is 322 g/mol. The Morgan fingerprint density at radius 1 is 1.17 bits per heavy atom. The molecule has 0 unspecified atom stereocenters. The number of thiophene rings is 1. The summed E-state index contributed by atoms with van der Waals surface area (Å²) >= 11 is 1.56. The van der Waals surface area contributed by atoms with Gasteiger partial charge < -0.3 is 9.64 Å². The maximum Gasteiger partial charge on any atom is 0.343 e. The molecule has 0 fully saturated rings. The van der Waals surface area contributed by atoms with Gasteiger partial charge in [0.1, 0.15) is 5.57 Å². The van der Waals surface area contributed by atoms with Crippen LogP contribution in [-0.4, -0.2) is 18.9 Å². The molecule has 0 amide bonds. The van der Waals surface area contributed by atoms with Crippen molar-refractivity contribution in [2.24, 2.45) is 0 Å². The van der Waals surface area contributed by atoms with E-state index in [1.54, 1.807) is 18.3 Å². The first-order valence-electron chi connectivity index (χ1n) is 7.49. The normalized spacial score (nSPS) is 16.2. The van der Waals surface area contributed by atoms with Crippen molar-refractivity contribution in [2.45, 2.75) is 13.8 Å². The molecule has 5 heteroatoms. The summed E-state index contributed by atoms with van der Waals surface area (Å²) in [6.07, 6.45) is 1.84. The molecule has 0 spiro atoms. The second-order valence-corrected chi connectivity index (χ2v) is 6.40. The van der Waals surface area contributed by atoms with Gasteiger partial charge in [-0.25, -0.2) is 4.79 Å². The summed E-state index contributed by atoms with van der Waals surface area (Å²) in [5, 5.41) is 1.98. The minimum atomic E-state index is -0.607. The van der Waals surface area contributed by atoms with Crippen LogP contribution >= 0.6 is 11.3 Å². The second-order valence-electron chi connectivity index (χ2n) is 5.45. The standard InChI is InChI=1S/C19H17NO3S/c1-12-9-10-24-16(12)11-15-18(21)17(19(22)23-3)13(2)20(15)14-7-5-4-6-8-14/h4-11H,1-3H3/b15-11-. The Balaban J connectivity index is 2.17. The third-order valence-corrected chi connectivity index (χ3v) is 4.94. The van der Waals surface area contributed by atoms with Crippen LogP contribution < -0.4 is 4.90 Å². The van der Waals surface area contributed by atoms with Gasteiger partial charge in [0, 0.05) is 16.3 Å². The maximum absolute atomic E-state index is 12.9. The minimum Gasteiger partial charge on any atom is -0.465 e. The molecule has 3 rings (SSSR count). The molecule has 24 heavy (non-hydrogen) atoms. The number of allylic oxidation sites excluding steroid dienone is 2. The van der Waals surface area contributed by atoms with E-state index in [-0.39, 0.29) is 11.4 Å². The quantitative estimate of drug-likeness (QED) is 0.483. The predicted molar refractivity (Wildman–Crippen MR) is 95.7 cm³/mol. The summed E-state index contributed by atoms with van der Waals surface area (Å²) in [5.74, 6) is -0.916. The van der Waals surface area contributed by atoms with Crippen molar-refractivity contribution >= 4 is 34.9 Å². The van der Waals surface area contributed by atoms with E-state index < -0.39 is 5.97 Å². The van der Waals surface area contributed by atoms with Gasteiger partial charge in [0.05, 0.1) is 12.8 Å². The Labute approximate surface area is 144 Å². The number of aryl methyl sites for hydroxylation is 1. The van der Waals surface area contributed by atoms with Gasteiger partial charge >= 0.3 is 5.97 Å². The van der Waals surface area contributed by atoms with Gasteiger partial charge in [0.15, 0.2) is 0 Å². The van der Waals surface area contributed by atoms with Crippen LogP contribution in [0.4, 0.5) is 5.69 Å². The number of carbonyl (C=O) groups is 2. The number of hydrogen-bond acceptors (Lipinski definition) is 5. The molecule has 0 saturated heterocycles. The van der Waals surface area contributed by atoms with Crippen molar-refractivity contribution < 1.29 is 14.3 Å². The molecule has 1 aromatic carbocycles. The molecule has 0 bridgehead atoms. The molecule has 0 saturated carbocycles. The molecule has 1 aliphatic rings. The number of Topliss-reactive ketones (excluding diaryl/α,β-unsaturated/α-hetero) is 1. The van der Waals surface area contributed by atoms with Crippen LogP contribution in [0.2, 0.25) is 0 Å². The van der Waals surface area contributed by atoms with Gasteiger partial charge in [-0.15, -0.1) is 11.3 Å². The summed E-state index contributed by atoms with van der Waals surface area (Å²) in [6, 6.07) is 11.5. The van der Waals surface area contributed by atoms with Crippen molar-refractivity contribution in [3.8, 4) is 0 Å². The first-order chi connectivity index (χ1) is 11.5. The van der Waals surface area contributed by atoms with E-state index >= 15 is 0 Å². The van der Waals surface area contributed by atoms with Crippen LogP contribution in [0.3, 0.4) is 0 Å². The lowest BCUT2D eigenvalue weighted by molar-refractivity contribution is -0.137. The van der Waals surface area contributed by atoms with Crippen molar-refractivity contribution in [3.05, 3.63) is 69.2 Å². The van der Waals surface area contributed by atoms with Crippen LogP contribution in [0.1, 0.15) is 17.4 Å². The second kappa shape index (κ2) is 6.45. The van der Waals surface area contributed by atoms with Crippen LogP contribution in [-0.2, 0) is 14.3 Å². The SMILES string of the molecule is COC(=O)C1=C(C)N(c2ccccc2)/C(=C\c2sccc2C)C1=O. The van der Waals surface area contributed by atoms with Crippen LogP contribution in [0.25, 0.3) is 6.08 Å². The molecular formula is C19H17NO3S. The lowest BCUT2D eigenvalue weighted by Crippen LogP contribution is -2.18. The fraction of sp³-hybridized carbons (Fsp3) is 0.158. The number of nitrogens with zero attached hydrogens (tertiary/aromatic N) is 1. The Bertz CT molecular complexity index is 862. The van der Waals surface area contributed by atoms with Gasteiger partial charge in [-0.05, 0) is 49.1 Å². The van der Waals surface area contributed by atoms with Crippen molar-refractivity contribution in [1.82, 2.24) is 0 Å². The zero-order chi connectivity index (χ0) is 17.3. The number of para-hydroxylation sites is 1. The number of carbonyl (C=O) groups excluding carboxylic acids is 2. The van der Waals surface area contributed by atoms with Crippen molar-refractivity contribution in [3.63, 3.8) is 0 Å². The monoisotopic (exact) mass is 339 g/mol. The zero-order valence-corrected chi connectivity index (χ0v) is 14.5. The molecule has 0 radical (unpaired) electrons. The summed E-state index contributed by atoms with van der Waals surface area (Å²) in [6.45, 7) is 3.76. The highest BCUT2D eigenvalue weighted by molar-refractivity contribution is 7.11. The fourth-order valence-corrected chi connectivity index (χ4v) is 3.58. The topological polar surface area (TPSA) is 46.6 Å². The van der Waals surface area contributed by atoms with E-state index in [2.05, 4.69) is 0 Å². The summed E-state index contributed by atoms with van der Waals surface area (Å²) in [7, 11) is 1.29. The summed E-state index contributed by atoms with van der Waals surface area (Å²) < 4.78 is 4.80. The first kappa shape index (κ1) is 16.2. The number of ether oxygens (including phenoxy) is 1. The lowest BCUT2D eigenvalue weighted by atomic mass is 10.1. The number of hydrogen-bond donors (Lipinski definition) is 0. The molecule has 2 aromatic rings.